The molecule has 0 aliphatic heterocycles. The SMILES string of the molecule is CCCCCCCC(=O)O[C@H](COC(=O)CCCCCCCCCCCCCCCCCCCCC(C)C)COC(=O)CCCCCCCCCCCCCCCCC(C)C. The van der Waals surface area contributed by atoms with Gasteiger partial charge in [-0.05, 0) is 31.1 Å². The van der Waals surface area contributed by atoms with Gasteiger partial charge in [-0.3, -0.25) is 14.4 Å². The highest BCUT2D eigenvalue weighted by molar-refractivity contribution is 5.71. The molecule has 0 N–H and O–H groups in total. The third kappa shape index (κ3) is 49.3. The summed E-state index contributed by atoms with van der Waals surface area (Å²) >= 11 is 0. The zero-order valence-electron chi connectivity index (χ0n) is 41.8. The number of carbonyl (C=O) groups excluding carboxylic acids is 3. The maximum atomic E-state index is 12.6. The van der Waals surface area contributed by atoms with E-state index in [1.807, 2.05) is 0 Å². The van der Waals surface area contributed by atoms with Gasteiger partial charge in [0.05, 0.1) is 0 Å². The molecule has 0 aromatic heterocycles. The van der Waals surface area contributed by atoms with E-state index in [2.05, 4.69) is 34.6 Å². The van der Waals surface area contributed by atoms with Crippen molar-refractivity contribution in [2.75, 3.05) is 13.2 Å². The first kappa shape index (κ1) is 59.4. The second kappa shape index (κ2) is 47.9. The summed E-state index contributed by atoms with van der Waals surface area (Å²) in [6.07, 6.45) is 49.9. The van der Waals surface area contributed by atoms with Crippen LogP contribution in [0.1, 0.15) is 304 Å². The Labute approximate surface area is 380 Å². The van der Waals surface area contributed by atoms with E-state index in [1.165, 1.54) is 186 Å². The third-order valence-corrected chi connectivity index (χ3v) is 12.5. The predicted octanol–water partition coefficient (Wildman–Crippen LogP) is 17.7. The fourth-order valence-electron chi connectivity index (χ4n) is 8.34. The van der Waals surface area contributed by atoms with Gasteiger partial charge in [0.1, 0.15) is 13.2 Å². The molecule has 0 bridgehead atoms. The van der Waals surface area contributed by atoms with Gasteiger partial charge >= 0.3 is 17.9 Å². The van der Waals surface area contributed by atoms with Gasteiger partial charge in [-0.1, -0.05) is 266 Å². The van der Waals surface area contributed by atoms with Crippen LogP contribution in [0.5, 0.6) is 0 Å². The molecular weight excluding hydrogens is 757 g/mol. The Bertz CT molecular complexity index is 931. The van der Waals surface area contributed by atoms with Crippen LogP contribution in [-0.2, 0) is 28.6 Å². The summed E-state index contributed by atoms with van der Waals surface area (Å²) in [5.41, 5.74) is 0. The smallest absolute Gasteiger partial charge is 0.306 e. The standard InChI is InChI=1S/C55H106O6/c1-6-7-8-33-42-47-55(58)61-52(49-60-54(57)46-41-37-32-28-24-20-16-15-18-22-26-30-35-39-44-51(4)5)48-59-53(56)45-40-36-31-27-23-19-14-12-10-9-11-13-17-21-25-29-34-38-43-50(2)3/h50-52H,6-49H2,1-5H3/t52-/m1/s1. The molecule has 0 rings (SSSR count). The number of hydrogen-bond acceptors (Lipinski definition) is 6. The first-order valence-corrected chi connectivity index (χ1v) is 27.2. The van der Waals surface area contributed by atoms with Crippen LogP contribution >= 0.6 is 0 Å². The zero-order valence-corrected chi connectivity index (χ0v) is 41.8. The van der Waals surface area contributed by atoms with Crippen LogP contribution in [-0.4, -0.2) is 37.2 Å². The molecule has 0 saturated heterocycles. The molecule has 6 nitrogen and oxygen atoms in total. The van der Waals surface area contributed by atoms with E-state index in [9.17, 15) is 14.4 Å². The van der Waals surface area contributed by atoms with Crippen molar-refractivity contribution in [3.63, 3.8) is 0 Å². The van der Waals surface area contributed by atoms with Gasteiger partial charge in [0.2, 0.25) is 0 Å². The molecule has 362 valence electrons. The molecular formula is C55H106O6. The molecule has 0 heterocycles. The van der Waals surface area contributed by atoms with E-state index in [0.29, 0.717) is 19.3 Å². The van der Waals surface area contributed by atoms with Crippen LogP contribution in [0.2, 0.25) is 0 Å². The van der Waals surface area contributed by atoms with Crippen molar-refractivity contribution in [1.82, 2.24) is 0 Å². The summed E-state index contributed by atoms with van der Waals surface area (Å²) in [5, 5.41) is 0. The molecule has 0 saturated carbocycles. The molecule has 0 aromatic rings. The Kier molecular flexibility index (Phi) is 46.6. The molecule has 6 heteroatoms. The molecule has 0 aliphatic carbocycles. The third-order valence-electron chi connectivity index (χ3n) is 12.5. The van der Waals surface area contributed by atoms with Crippen molar-refractivity contribution < 1.29 is 28.6 Å². The molecule has 61 heavy (non-hydrogen) atoms. The predicted molar refractivity (Wildman–Crippen MR) is 261 cm³/mol. The van der Waals surface area contributed by atoms with Crippen LogP contribution in [0, 0.1) is 11.8 Å². The van der Waals surface area contributed by atoms with Gasteiger partial charge in [-0.2, -0.15) is 0 Å². The Morgan fingerprint density at radius 2 is 0.541 bits per heavy atom. The first-order chi connectivity index (χ1) is 29.7. The lowest BCUT2D eigenvalue weighted by Crippen LogP contribution is -2.30. The lowest BCUT2D eigenvalue weighted by Gasteiger charge is -2.18. The van der Waals surface area contributed by atoms with Crippen molar-refractivity contribution >= 4 is 17.9 Å². The second-order valence-electron chi connectivity index (χ2n) is 19.8. The van der Waals surface area contributed by atoms with Gasteiger partial charge in [0, 0.05) is 19.3 Å². The van der Waals surface area contributed by atoms with Crippen LogP contribution < -0.4 is 0 Å². The highest BCUT2D eigenvalue weighted by Gasteiger charge is 2.19. The lowest BCUT2D eigenvalue weighted by atomic mass is 10.0. The van der Waals surface area contributed by atoms with E-state index in [-0.39, 0.29) is 31.1 Å². The van der Waals surface area contributed by atoms with Crippen LogP contribution in [0.25, 0.3) is 0 Å². The fraction of sp³-hybridized carbons (Fsp3) is 0.945. The number of esters is 3. The average molecular weight is 863 g/mol. The van der Waals surface area contributed by atoms with Gasteiger partial charge in [-0.15, -0.1) is 0 Å². The van der Waals surface area contributed by atoms with E-state index < -0.39 is 6.10 Å². The van der Waals surface area contributed by atoms with Gasteiger partial charge in [0.25, 0.3) is 0 Å². The Morgan fingerprint density at radius 1 is 0.311 bits per heavy atom. The van der Waals surface area contributed by atoms with E-state index in [0.717, 1.165) is 76.0 Å². The minimum absolute atomic E-state index is 0.0647. The normalized spacial score (nSPS) is 12.0. The Hall–Kier alpha value is -1.59. The summed E-state index contributed by atoms with van der Waals surface area (Å²) in [7, 11) is 0. The van der Waals surface area contributed by atoms with Gasteiger partial charge in [-0.25, -0.2) is 0 Å². The highest BCUT2D eigenvalue weighted by atomic mass is 16.6. The minimum atomic E-state index is -0.759. The van der Waals surface area contributed by atoms with Crippen molar-refractivity contribution in [2.45, 2.75) is 310 Å². The maximum Gasteiger partial charge on any atom is 0.306 e. The monoisotopic (exact) mass is 863 g/mol. The Morgan fingerprint density at radius 3 is 0.803 bits per heavy atom. The summed E-state index contributed by atoms with van der Waals surface area (Å²) in [5.74, 6) is 0.844. The first-order valence-electron chi connectivity index (χ1n) is 27.2. The Balaban J connectivity index is 4.01. The minimum Gasteiger partial charge on any atom is -0.462 e. The van der Waals surface area contributed by atoms with Crippen molar-refractivity contribution in [1.29, 1.82) is 0 Å². The molecule has 0 aromatic carbocycles. The molecule has 1 atom stereocenters. The van der Waals surface area contributed by atoms with Crippen molar-refractivity contribution in [3.05, 3.63) is 0 Å². The van der Waals surface area contributed by atoms with Crippen molar-refractivity contribution in [3.8, 4) is 0 Å². The van der Waals surface area contributed by atoms with E-state index in [1.54, 1.807) is 0 Å². The number of unbranched alkanes of at least 4 members (excludes halogenated alkanes) is 34. The van der Waals surface area contributed by atoms with Crippen LogP contribution in [0.3, 0.4) is 0 Å². The van der Waals surface area contributed by atoms with Crippen LogP contribution in [0.15, 0.2) is 0 Å². The lowest BCUT2D eigenvalue weighted by molar-refractivity contribution is -0.167. The largest absolute Gasteiger partial charge is 0.462 e. The summed E-state index contributed by atoms with van der Waals surface area (Å²) < 4.78 is 16.7. The fourth-order valence-corrected chi connectivity index (χ4v) is 8.34. The quantitative estimate of drug-likeness (QED) is 0.0344. The molecule has 0 aliphatic rings. The highest BCUT2D eigenvalue weighted by Crippen LogP contribution is 2.18. The maximum absolute atomic E-state index is 12.6. The topological polar surface area (TPSA) is 78.9 Å². The van der Waals surface area contributed by atoms with Gasteiger partial charge < -0.3 is 14.2 Å². The van der Waals surface area contributed by atoms with Crippen molar-refractivity contribution in [2.24, 2.45) is 11.8 Å². The summed E-state index contributed by atoms with van der Waals surface area (Å²) in [4.78, 5) is 37.7. The van der Waals surface area contributed by atoms with Gasteiger partial charge in [0.15, 0.2) is 6.10 Å². The van der Waals surface area contributed by atoms with E-state index in [4.69, 9.17) is 14.2 Å². The van der Waals surface area contributed by atoms with E-state index >= 15 is 0 Å². The summed E-state index contributed by atoms with van der Waals surface area (Å²) in [6.45, 7) is 11.3. The summed E-state index contributed by atoms with van der Waals surface area (Å²) in [6, 6.07) is 0. The number of rotatable bonds is 49. The number of hydrogen-bond donors (Lipinski definition) is 0. The molecule has 0 unspecified atom stereocenters. The zero-order chi connectivity index (χ0) is 44.7. The average Bonchev–Trinajstić information content (AvgIpc) is 3.23. The van der Waals surface area contributed by atoms with Crippen LogP contribution in [0.4, 0.5) is 0 Å². The molecule has 0 fully saturated rings. The molecule has 0 amide bonds. The molecule has 0 radical (unpaired) electrons. The number of carbonyl (C=O) groups is 3. The molecule has 0 spiro atoms. The number of ether oxygens (including phenoxy) is 3. The second-order valence-corrected chi connectivity index (χ2v) is 19.8.